The Morgan fingerprint density at radius 3 is 2.33 bits per heavy atom. The van der Waals surface area contributed by atoms with Crippen LogP contribution >= 0.6 is 0 Å². The van der Waals surface area contributed by atoms with Gasteiger partial charge in [0.05, 0.1) is 13.3 Å². The van der Waals surface area contributed by atoms with Gasteiger partial charge in [0.25, 0.3) is 0 Å². The molecule has 0 amide bonds. The van der Waals surface area contributed by atoms with Crippen molar-refractivity contribution in [2.75, 3.05) is 7.11 Å². The Kier molecular flexibility index (Phi) is 2.58. The molecule has 0 radical (unpaired) electrons. The zero-order valence-electron chi connectivity index (χ0n) is 8.60. The Labute approximate surface area is 88.6 Å². The van der Waals surface area contributed by atoms with Crippen LogP contribution < -0.4 is 16.2 Å². The van der Waals surface area contributed by atoms with Crippen molar-refractivity contribution in [3.63, 3.8) is 0 Å². The molecule has 78 valence electrons. The minimum atomic E-state index is -0.420. The number of nitrogens with two attached hydrogens (primary N) is 2. The van der Waals surface area contributed by atoms with Gasteiger partial charge in [0.1, 0.15) is 5.75 Å². The highest BCUT2D eigenvalue weighted by atomic mass is 16.5. The molecule has 15 heavy (non-hydrogen) atoms. The van der Waals surface area contributed by atoms with E-state index >= 15 is 0 Å². The van der Waals surface area contributed by atoms with Crippen molar-refractivity contribution in [1.82, 2.24) is 0 Å². The molecule has 0 bridgehead atoms. The van der Waals surface area contributed by atoms with Crippen LogP contribution in [0.3, 0.4) is 0 Å². The van der Waals surface area contributed by atoms with E-state index in [0.29, 0.717) is 0 Å². The maximum atomic E-state index is 5.61. The fraction of sp³-hybridized carbons (Fsp3) is 0.167. The van der Waals surface area contributed by atoms with Gasteiger partial charge in [-0.05, 0) is 34.5 Å². The fourth-order valence-electron chi connectivity index (χ4n) is 1.58. The maximum Gasteiger partial charge on any atom is 0.119 e. The molecule has 2 rings (SSSR count). The molecule has 2 aromatic carbocycles. The van der Waals surface area contributed by atoms with Crippen LogP contribution in [-0.4, -0.2) is 7.11 Å². The third kappa shape index (κ3) is 1.93. The molecule has 0 atom stereocenters. The summed E-state index contributed by atoms with van der Waals surface area (Å²) in [7, 11) is 1.66. The molecular formula is C12H14N2O. The van der Waals surface area contributed by atoms with Crippen molar-refractivity contribution in [2.24, 2.45) is 11.5 Å². The van der Waals surface area contributed by atoms with E-state index in [1.807, 2.05) is 36.4 Å². The van der Waals surface area contributed by atoms with E-state index < -0.39 is 6.17 Å². The Bertz CT molecular complexity index is 480. The molecule has 0 heterocycles. The first-order valence-electron chi connectivity index (χ1n) is 4.79. The summed E-state index contributed by atoms with van der Waals surface area (Å²) in [4.78, 5) is 0. The molecule has 0 spiro atoms. The van der Waals surface area contributed by atoms with Crippen LogP contribution in [0, 0.1) is 0 Å². The zero-order chi connectivity index (χ0) is 10.8. The normalized spacial score (nSPS) is 10.9. The number of hydrogen-bond acceptors (Lipinski definition) is 3. The van der Waals surface area contributed by atoms with Gasteiger partial charge in [-0.1, -0.05) is 18.2 Å². The summed E-state index contributed by atoms with van der Waals surface area (Å²) in [6.45, 7) is 0. The number of fused-ring (bicyclic) bond motifs is 1. The van der Waals surface area contributed by atoms with Gasteiger partial charge in [0.2, 0.25) is 0 Å². The number of ether oxygens (including phenoxy) is 1. The molecule has 0 aliphatic rings. The minimum Gasteiger partial charge on any atom is -0.497 e. The fourth-order valence-corrected chi connectivity index (χ4v) is 1.58. The first-order valence-corrected chi connectivity index (χ1v) is 4.79. The van der Waals surface area contributed by atoms with Crippen LogP contribution in [-0.2, 0) is 0 Å². The summed E-state index contributed by atoms with van der Waals surface area (Å²) < 4.78 is 5.15. The summed E-state index contributed by atoms with van der Waals surface area (Å²) in [5.41, 5.74) is 12.2. The second-order valence-electron chi connectivity index (χ2n) is 3.50. The summed E-state index contributed by atoms with van der Waals surface area (Å²) in [6, 6.07) is 11.8. The molecule has 2 aromatic rings. The first kappa shape index (κ1) is 9.96. The summed E-state index contributed by atoms with van der Waals surface area (Å²) in [5.74, 6) is 0.854. The number of rotatable bonds is 2. The van der Waals surface area contributed by atoms with Gasteiger partial charge in [-0.2, -0.15) is 0 Å². The standard InChI is InChI=1S/C12H14N2O/c1-15-11-5-4-8-6-10(12(13)14)3-2-9(8)7-11/h2-7,12H,13-14H2,1H3. The highest BCUT2D eigenvalue weighted by molar-refractivity contribution is 5.84. The zero-order valence-corrected chi connectivity index (χ0v) is 8.60. The summed E-state index contributed by atoms with van der Waals surface area (Å²) in [5, 5.41) is 2.24. The van der Waals surface area contributed by atoms with Gasteiger partial charge in [0.15, 0.2) is 0 Å². The molecule has 3 heteroatoms. The number of methoxy groups -OCH3 is 1. The topological polar surface area (TPSA) is 61.3 Å². The van der Waals surface area contributed by atoms with Crippen LogP contribution in [0.4, 0.5) is 0 Å². The van der Waals surface area contributed by atoms with Crippen molar-refractivity contribution in [2.45, 2.75) is 6.17 Å². The van der Waals surface area contributed by atoms with Crippen LogP contribution in [0.15, 0.2) is 36.4 Å². The highest BCUT2D eigenvalue weighted by Gasteiger charge is 2.01. The Morgan fingerprint density at radius 1 is 1.00 bits per heavy atom. The third-order valence-electron chi connectivity index (χ3n) is 2.46. The van der Waals surface area contributed by atoms with Gasteiger partial charge in [-0.15, -0.1) is 0 Å². The van der Waals surface area contributed by atoms with E-state index in [0.717, 1.165) is 22.1 Å². The average molecular weight is 202 g/mol. The lowest BCUT2D eigenvalue weighted by molar-refractivity contribution is 0.415. The maximum absolute atomic E-state index is 5.61. The Balaban J connectivity index is 2.55. The van der Waals surface area contributed by atoms with Crippen molar-refractivity contribution >= 4 is 10.8 Å². The largest absolute Gasteiger partial charge is 0.497 e. The van der Waals surface area contributed by atoms with Crippen molar-refractivity contribution < 1.29 is 4.74 Å². The van der Waals surface area contributed by atoms with Gasteiger partial charge in [-0.3, -0.25) is 0 Å². The van der Waals surface area contributed by atoms with Crippen molar-refractivity contribution in [3.8, 4) is 5.75 Å². The van der Waals surface area contributed by atoms with Gasteiger partial charge in [-0.25, -0.2) is 0 Å². The molecule has 0 aliphatic heterocycles. The van der Waals surface area contributed by atoms with E-state index in [2.05, 4.69) is 0 Å². The van der Waals surface area contributed by atoms with E-state index in [1.165, 1.54) is 0 Å². The van der Waals surface area contributed by atoms with Gasteiger partial charge >= 0.3 is 0 Å². The van der Waals surface area contributed by atoms with E-state index in [9.17, 15) is 0 Å². The molecule has 0 unspecified atom stereocenters. The monoisotopic (exact) mass is 202 g/mol. The molecule has 0 aliphatic carbocycles. The van der Waals surface area contributed by atoms with E-state index in [4.69, 9.17) is 16.2 Å². The predicted octanol–water partition coefficient (Wildman–Crippen LogP) is 1.76. The lowest BCUT2D eigenvalue weighted by Gasteiger charge is -2.08. The average Bonchev–Trinajstić information content (AvgIpc) is 2.27. The molecule has 3 nitrogen and oxygen atoms in total. The highest BCUT2D eigenvalue weighted by Crippen LogP contribution is 2.22. The van der Waals surface area contributed by atoms with Crippen molar-refractivity contribution in [3.05, 3.63) is 42.0 Å². The van der Waals surface area contributed by atoms with Crippen LogP contribution in [0.1, 0.15) is 11.7 Å². The van der Waals surface area contributed by atoms with Crippen molar-refractivity contribution in [1.29, 1.82) is 0 Å². The smallest absolute Gasteiger partial charge is 0.119 e. The van der Waals surface area contributed by atoms with Gasteiger partial charge < -0.3 is 16.2 Å². The molecule has 0 saturated heterocycles. The Morgan fingerprint density at radius 2 is 1.67 bits per heavy atom. The molecule has 0 aromatic heterocycles. The number of benzene rings is 2. The predicted molar refractivity (Wildman–Crippen MR) is 61.6 cm³/mol. The lowest BCUT2D eigenvalue weighted by atomic mass is 10.1. The van der Waals surface area contributed by atoms with E-state index in [-0.39, 0.29) is 0 Å². The lowest BCUT2D eigenvalue weighted by Crippen LogP contribution is -2.19. The molecule has 0 saturated carbocycles. The quantitative estimate of drug-likeness (QED) is 0.729. The number of hydrogen-bond donors (Lipinski definition) is 2. The van der Waals surface area contributed by atoms with Crippen LogP contribution in [0.5, 0.6) is 5.75 Å². The molecule has 0 fully saturated rings. The van der Waals surface area contributed by atoms with Crippen LogP contribution in [0.25, 0.3) is 10.8 Å². The first-order chi connectivity index (χ1) is 7.20. The second-order valence-corrected chi connectivity index (χ2v) is 3.50. The van der Waals surface area contributed by atoms with Crippen LogP contribution in [0.2, 0.25) is 0 Å². The molecular weight excluding hydrogens is 188 g/mol. The summed E-state index contributed by atoms with van der Waals surface area (Å²) >= 11 is 0. The molecule has 4 N–H and O–H groups in total. The summed E-state index contributed by atoms with van der Waals surface area (Å²) in [6.07, 6.45) is -0.420. The second kappa shape index (κ2) is 3.88. The minimum absolute atomic E-state index is 0.420. The van der Waals surface area contributed by atoms with E-state index in [1.54, 1.807) is 7.11 Å². The Hall–Kier alpha value is -1.58. The SMILES string of the molecule is COc1ccc2cc(C(N)N)ccc2c1. The third-order valence-corrected chi connectivity index (χ3v) is 2.46. The van der Waals surface area contributed by atoms with Gasteiger partial charge in [0, 0.05) is 0 Å².